The van der Waals surface area contributed by atoms with E-state index < -0.39 is 8.07 Å². The Bertz CT molecular complexity index is 3540. The second kappa shape index (κ2) is 17.1. The predicted octanol–water partition coefficient (Wildman–Crippen LogP) is 14.1. The lowest BCUT2D eigenvalue weighted by molar-refractivity contribution is 1.18. The molecule has 12 rings (SSSR count). The molecule has 0 bridgehead atoms. The van der Waals surface area contributed by atoms with Gasteiger partial charge in [-0.3, -0.25) is 0 Å². The molecule has 1 aromatic heterocycles. The van der Waals surface area contributed by atoms with Crippen LogP contribution in [-0.4, -0.2) is 12.6 Å². The first kappa shape index (κ1) is 40.0. The molecule has 0 N–H and O–H groups in total. The summed E-state index contributed by atoms with van der Waals surface area (Å²) in [7, 11) is -2.69. The summed E-state index contributed by atoms with van der Waals surface area (Å²) >= 11 is 0. The van der Waals surface area contributed by atoms with Gasteiger partial charge in [-0.2, -0.15) is 0 Å². The van der Waals surface area contributed by atoms with Crippen molar-refractivity contribution in [3.8, 4) is 27.9 Å². The topological polar surface area (TPSA) is 8.17 Å². The van der Waals surface area contributed by atoms with Gasteiger partial charge in [-0.25, -0.2) is 0 Å². The van der Waals surface area contributed by atoms with Gasteiger partial charge in [0.15, 0.2) is 8.07 Å². The molecule has 0 aliphatic carbocycles. The largest absolute Gasteiger partial charge is 0.310 e. The first-order chi connectivity index (χ1) is 33.3. The van der Waals surface area contributed by atoms with E-state index in [-0.39, 0.29) is 0 Å². The van der Waals surface area contributed by atoms with Gasteiger partial charge in [0.25, 0.3) is 0 Å². The summed E-state index contributed by atoms with van der Waals surface area (Å²) in [5.41, 5.74) is 11.7. The van der Waals surface area contributed by atoms with E-state index in [1.54, 1.807) is 0 Å². The van der Waals surface area contributed by atoms with Crippen LogP contribution >= 0.6 is 0 Å². The number of hydrogen-bond donors (Lipinski definition) is 0. The highest BCUT2D eigenvalue weighted by Crippen LogP contribution is 2.41. The summed E-state index contributed by atoms with van der Waals surface area (Å²) in [6, 6.07) is 102. The minimum atomic E-state index is -2.69. The van der Waals surface area contributed by atoms with Gasteiger partial charge in [-0.1, -0.05) is 224 Å². The molecule has 0 aliphatic rings. The van der Waals surface area contributed by atoms with E-state index in [9.17, 15) is 0 Å². The summed E-state index contributed by atoms with van der Waals surface area (Å²) in [5.74, 6) is 0. The standard InChI is InChI=1S/C64H46N2Si/c1-5-21-51(22-6-1)66-62-32-16-15-30-60(62)64-59(31-18-34-63(64)66)50-37-35-47(36-38-50)48-39-41-52(42-40-48)65(61-33-17-20-49-19-13-14-29-58(49)61)53-43-45-57(46-44-53)67(54-23-7-2-8-24-54,55-25-9-3-10-26-55)56-27-11-4-12-28-56/h1-46H. The average Bonchev–Trinajstić information content (AvgIpc) is 3.76. The predicted molar refractivity (Wildman–Crippen MR) is 287 cm³/mol. The molecule has 2 nitrogen and oxygen atoms in total. The molecular formula is C64H46N2Si. The monoisotopic (exact) mass is 870 g/mol. The number of nitrogens with zero attached hydrogens (tertiary/aromatic N) is 2. The van der Waals surface area contributed by atoms with E-state index in [0.717, 1.165) is 17.1 Å². The van der Waals surface area contributed by atoms with Crippen LogP contribution in [0.5, 0.6) is 0 Å². The van der Waals surface area contributed by atoms with Crippen molar-refractivity contribution in [2.45, 2.75) is 0 Å². The van der Waals surface area contributed by atoms with Crippen molar-refractivity contribution in [3.05, 3.63) is 279 Å². The second-order valence-corrected chi connectivity index (χ2v) is 21.1. The minimum Gasteiger partial charge on any atom is -0.310 e. The van der Waals surface area contributed by atoms with Gasteiger partial charge in [0.1, 0.15) is 0 Å². The molecule has 0 aliphatic heterocycles. The van der Waals surface area contributed by atoms with Crippen LogP contribution in [0.25, 0.3) is 60.5 Å². The lowest BCUT2D eigenvalue weighted by Gasteiger charge is -2.35. The highest BCUT2D eigenvalue weighted by atomic mass is 28.3. The Morgan fingerprint density at radius 2 is 0.731 bits per heavy atom. The molecule has 0 saturated heterocycles. The number of rotatable bonds is 10. The van der Waals surface area contributed by atoms with Crippen LogP contribution in [0.1, 0.15) is 0 Å². The molecule has 0 amide bonds. The van der Waals surface area contributed by atoms with Gasteiger partial charge in [-0.15, -0.1) is 0 Å². The van der Waals surface area contributed by atoms with Crippen LogP contribution in [0.2, 0.25) is 0 Å². The Hall–Kier alpha value is -8.50. The SMILES string of the molecule is c1ccc(-n2c3ccccc3c3c(-c4ccc(-c5ccc(N(c6ccc([Si](c7ccccc7)(c7ccccc7)c7ccccc7)cc6)c6cccc7ccccc67)cc5)cc4)cccc32)cc1. The van der Waals surface area contributed by atoms with E-state index >= 15 is 0 Å². The Morgan fingerprint density at radius 1 is 0.299 bits per heavy atom. The fraction of sp³-hybridized carbons (Fsp3) is 0. The molecule has 316 valence electrons. The van der Waals surface area contributed by atoms with Gasteiger partial charge in [0.2, 0.25) is 0 Å². The van der Waals surface area contributed by atoms with Gasteiger partial charge < -0.3 is 9.47 Å². The third-order valence-electron chi connectivity index (χ3n) is 13.6. The second-order valence-electron chi connectivity index (χ2n) is 17.2. The first-order valence-electron chi connectivity index (χ1n) is 23.1. The molecule has 0 spiro atoms. The van der Waals surface area contributed by atoms with Crippen molar-refractivity contribution in [2.75, 3.05) is 4.90 Å². The Balaban J connectivity index is 0.935. The summed E-state index contributed by atoms with van der Waals surface area (Å²) < 4.78 is 2.38. The molecule has 11 aromatic carbocycles. The number of fused-ring (bicyclic) bond motifs is 4. The normalized spacial score (nSPS) is 11.6. The smallest absolute Gasteiger partial charge is 0.179 e. The van der Waals surface area contributed by atoms with Gasteiger partial charge in [-0.05, 0) is 103 Å². The summed E-state index contributed by atoms with van der Waals surface area (Å²) in [6.45, 7) is 0. The first-order valence-corrected chi connectivity index (χ1v) is 25.1. The molecule has 0 atom stereocenters. The quantitative estimate of drug-likeness (QED) is 0.0982. The lowest BCUT2D eigenvalue weighted by Crippen LogP contribution is -2.74. The van der Waals surface area contributed by atoms with E-state index in [0.29, 0.717) is 0 Å². The molecular weight excluding hydrogens is 825 g/mol. The Kier molecular flexibility index (Phi) is 10.2. The fourth-order valence-corrected chi connectivity index (χ4v) is 15.3. The molecule has 0 fully saturated rings. The number of benzene rings is 11. The maximum Gasteiger partial charge on any atom is 0.179 e. The van der Waals surface area contributed by atoms with Gasteiger partial charge in [0.05, 0.1) is 16.7 Å². The van der Waals surface area contributed by atoms with Gasteiger partial charge >= 0.3 is 0 Å². The number of para-hydroxylation sites is 2. The molecule has 0 radical (unpaired) electrons. The molecule has 3 heteroatoms. The molecule has 12 aromatic rings. The van der Waals surface area contributed by atoms with Crippen LogP contribution < -0.4 is 25.6 Å². The summed E-state index contributed by atoms with van der Waals surface area (Å²) in [5, 5.41) is 10.4. The maximum atomic E-state index is 2.42. The van der Waals surface area contributed by atoms with E-state index in [2.05, 4.69) is 289 Å². The average molecular weight is 871 g/mol. The third-order valence-corrected chi connectivity index (χ3v) is 18.4. The summed E-state index contributed by atoms with van der Waals surface area (Å²) in [6.07, 6.45) is 0. The molecule has 0 unspecified atom stereocenters. The summed E-state index contributed by atoms with van der Waals surface area (Å²) in [4.78, 5) is 2.42. The molecule has 0 saturated carbocycles. The zero-order chi connectivity index (χ0) is 44.6. The van der Waals surface area contributed by atoms with Crippen LogP contribution in [-0.2, 0) is 0 Å². The fourth-order valence-electron chi connectivity index (χ4n) is 10.5. The number of aromatic nitrogens is 1. The highest BCUT2D eigenvalue weighted by Gasteiger charge is 2.41. The van der Waals surface area contributed by atoms with E-state index in [4.69, 9.17) is 0 Å². The maximum absolute atomic E-state index is 2.69. The number of anilines is 3. The van der Waals surface area contributed by atoms with Crippen LogP contribution in [0.3, 0.4) is 0 Å². The van der Waals surface area contributed by atoms with E-state index in [1.807, 2.05) is 0 Å². The van der Waals surface area contributed by atoms with Gasteiger partial charge in [0, 0.05) is 33.2 Å². The molecule has 1 heterocycles. The van der Waals surface area contributed by atoms with Crippen LogP contribution in [0.15, 0.2) is 279 Å². The Morgan fingerprint density at radius 3 is 1.34 bits per heavy atom. The van der Waals surface area contributed by atoms with Crippen molar-refractivity contribution < 1.29 is 0 Å². The van der Waals surface area contributed by atoms with Crippen molar-refractivity contribution in [1.29, 1.82) is 0 Å². The lowest BCUT2D eigenvalue weighted by atomic mass is 9.97. The number of hydrogen-bond acceptors (Lipinski definition) is 1. The minimum absolute atomic E-state index is 1.10. The van der Waals surface area contributed by atoms with Crippen molar-refractivity contribution in [2.24, 2.45) is 0 Å². The zero-order valence-electron chi connectivity index (χ0n) is 37.0. The van der Waals surface area contributed by atoms with Crippen molar-refractivity contribution in [1.82, 2.24) is 4.57 Å². The van der Waals surface area contributed by atoms with E-state index in [1.165, 1.54) is 81.3 Å². The third kappa shape index (κ3) is 6.96. The highest BCUT2D eigenvalue weighted by molar-refractivity contribution is 7.19. The van der Waals surface area contributed by atoms with Crippen molar-refractivity contribution in [3.63, 3.8) is 0 Å². The van der Waals surface area contributed by atoms with Crippen LogP contribution in [0.4, 0.5) is 17.1 Å². The Labute approximate surface area is 392 Å². The van der Waals surface area contributed by atoms with Crippen LogP contribution in [0, 0.1) is 0 Å². The van der Waals surface area contributed by atoms with Crippen molar-refractivity contribution >= 4 is 78.5 Å². The molecule has 67 heavy (non-hydrogen) atoms. The zero-order valence-corrected chi connectivity index (χ0v) is 38.0.